The van der Waals surface area contributed by atoms with Gasteiger partial charge in [-0.25, -0.2) is 0 Å². The Balaban J connectivity index is 2.33. The number of amides is 1. The van der Waals surface area contributed by atoms with Gasteiger partial charge in [0.05, 0.1) is 6.04 Å². The van der Waals surface area contributed by atoms with Crippen LogP contribution in [0.5, 0.6) is 0 Å². The fourth-order valence-electron chi connectivity index (χ4n) is 2.81. The first-order valence-electron chi connectivity index (χ1n) is 7.23. The Kier molecular flexibility index (Phi) is 6.65. The molecule has 0 aromatic heterocycles. The average molecular weight is 255 g/mol. The summed E-state index contributed by atoms with van der Waals surface area (Å²) in [4.78, 5) is 13.6. The molecule has 1 saturated heterocycles. The van der Waals surface area contributed by atoms with Gasteiger partial charge in [0.25, 0.3) is 0 Å². The molecule has 2 atom stereocenters. The molecule has 1 fully saturated rings. The Morgan fingerprint density at radius 2 is 2.11 bits per heavy atom. The Bertz CT molecular complexity index is 255. The quantitative estimate of drug-likeness (QED) is 0.750. The number of primary amides is 1. The van der Waals surface area contributed by atoms with Crippen LogP contribution in [0.4, 0.5) is 0 Å². The van der Waals surface area contributed by atoms with Gasteiger partial charge in [-0.1, -0.05) is 13.8 Å². The largest absolute Gasteiger partial charge is 0.368 e. The Morgan fingerprint density at radius 1 is 1.39 bits per heavy atom. The van der Waals surface area contributed by atoms with Crippen molar-refractivity contribution in [3.05, 3.63) is 0 Å². The number of hydrogen-bond donors (Lipinski definition) is 2. The summed E-state index contributed by atoms with van der Waals surface area (Å²) in [6.07, 6.45) is 4.74. The number of hydrogen-bond acceptors (Lipinski definition) is 3. The molecule has 0 aromatic rings. The molecule has 1 rings (SSSR count). The molecule has 0 saturated carbocycles. The number of nitrogens with two attached hydrogens (primary N) is 1. The highest BCUT2D eigenvalue weighted by Crippen LogP contribution is 2.24. The molecule has 1 heterocycles. The first-order valence-corrected chi connectivity index (χ1v) is 7.23. The van der Waals surface area contributed by atoms with Crippen LogP contribution >= 0.6 is 0 Å². The standard InChI is InChI=1S/C14H29N3O/c1-11(2)12-5-4-8-17(9-6-12)10-7-13(16-3)14(15)18/h11-13,16H,4-10H2,1-3H3,(H2,15,18). The third-order valence-corrected chi connectivity index (χ3v) is 4.23. The van der Waals surface area contributed by atoms with Gasteiger partial charge in [-0.15, -0.1) is 0 Å². The van der Waals surface area contributed by atoms with Crippen LogP contribution in [0.1, 0.15) is 39.5 Å². The van der Waals surface area contributed by atoms with Crippen molar-refractivity contribution < 1.29 is 4.79 Å². The predicted octanol–water partition coefficient (Wildman–Crippen LogP) is 1.21. The van der Waals surface area contributed by atoms with Crippen molar-refractivity contribution in [1.29, 1.82) is 0 Å². The van der Waals surface area contributed by atoms with Gasteiger partial charge in [-0.05, 0) is 57.7 Å². The zero-order valence-corrected chi connectivity index (χ0v) is 12.1. The van der Waals surface area contributed by atoms with E-state index < -0.39 is 0 Å². The van der Waals surface area contributed by atoms with Gasteiger partial charge in [-0.3, -0.25) is 4.79 Å². The summed E-state index contributed by atoms with van der Waals surface area (Å²) >= 11 is 0. The topological polar surface area (TPSA) is 58.4 Å². The van der Waals surface area contributed by atoms with E-state index in [0.29, 0.717) is 0 Å². The minimum Gasteiger partial charge on any atom is -0.368 e. The number of rotatable bonds is 6. The lowest BCUT2D eigenvalue weighted by atomic mass is 9.89. The van der Waals surface area contributed by atoms with Crippen molar-refractivity contribution in [1.82, 2.24) is 10.2 Å². The van der Waals surface area contributed by atoms with Crippen molar-refractivity contribution in [3.8, 4) is 0 Å². The van der Waals surface area contributed by atoms with Gasteiger partial charge in [0.1, 0.15) is 0 Å². The first-order chi connectivity index (χ1) is 8.54. The summed E-state index contributed by atoms with van der Waals surface area (Å²) in [6, 6.07) is -0.186. The minimum absolute atomic E-state index is 0.186. The highest BCUT2D eigenvalue weighted by atomic mass is 16.1. The predicted molar refractivity (Wildman–Crippen MR) is 75.3 cm³/mol. The second kappa shape index (κ2) is 7.74. The summed E-state index contributed by atoms with van der Waals surface area (Å²) < 4.78 is 0. The number of nitrogens with one attached hydrogen (secondary N) is 1. The summed E-state index contributed by atoms with van der Waals surface area (Å²) in [5.41, 5.74) is 5.34. The zero-order chi connectivity index (χ0) is 13.5. The molecule has 0 aromatic carbocycles. The fourth-order valence-corrected chi connectivity index (χ4v) is 2.81. The van der Waals surface area contributed by atoms with Crippen molar-refractivity contribution in [2.75, 3.05) is 26.7 Å². The van der Waals surface area contributed by atoms with Gasteiger partial charge in [0.2, 0.25) is 5.91 Å². The molecule has 0 radical (unpaired) electrons. The van der Waals surface area contributed by atoms with Gasteiger partial charge in [0.15, 0.2) is 0 Å². The minimum atomic E-state index is -0.243. The molecule has 1 aliphatic rings. The van der Waals surface area contributed by atoms with E-state index in [4.69, 9.17) is 5.73 Å². The van der Waals surface area contributed by atoms with Gasteiger partial charge in [-0.2, -0.15) is 0 Å². The van der Waals surface area contributed by atoms with Gasteiger partial charge >= 0.3 is 0 Å². The van der Waals surface area contributed by atoms with E-state index in [1.54, 1.807) is 7.05 Å². The summed E-state index contributed by atoms with van der Waals surface area (Å²) in [5, 5.41) is 2.98. The second-order valence-corrected chi connectivity index (χ2v) is 5.81. The molecule has 2 unspecified atom stereocenters. The van der Waals surface area contributed by atoms with E-state index in [0.717, 1.165) is 31.3 Å². The smallest absolute Gasteiger partial charge is 0.234 e. The molecule has 18 heavy (non-hydrogen) atoms. The fraction of sp³-hybridized carbons (Fsp3) is 0.929. The van der Waals surface area contributed by atoms with Crippen LogP contribution in [0.25, 0.3) is 0 Å². The number of carbonyl (C=O) groups excluding carboxylic acids is 1. The zero-order valence-electron chi connectivity index (χ0n) is 12.1. The van der Waals surface area contributed by atoms with Crippen molar-refractivity contribution in [2.24, 2.45) is 17.6 Å². The van der Waals surface area contributed by atoms with Crippen LogP contribution in [0, 0.1) is 11.8 Å². The van der Waals surface area contributed by atoms with E-state index >= 15 is 0 Å². The lowest BCUT2D eigenvalue weighted by Crippen LogP contribution is -2.42. The average Bonchev–Trinajstić information content (AvgIpc) is 2.55. The Labute approximate surface area is 111 Å². The third-order valence-electron chi connectivity index (χ3n) is 4.23. The molecule has 0 bridgehead atoms. The molecule has 0 spiro atoms. The van der Waals surface area contributed by atoms with Crippen LogP contribution < -0.4 is 11.1 Å². The van der Waals surface area contributed by atoms with Crippen LogP contribution in [0.3, 0.4) is 0 Å². The van der Waals surface area contributed by atoms with Crippen molar-refractivity contribution >= 4 is 5.91 Å². The highest BCUT2D eigenvalue weighted by Gasteiger charge is 2.20. The number of likely N-dealkylation sites (N-methyl/N-ethyl adjacent to an activating group) is 1. The summed E-state index contributed by atoms with van der Waals surface area (Å²) in [7, 11) is 1.80. The number of likely N-dealkylation sites (tertiary alicyclic amines) is 1. The molecule has 106 valence electrons. The van der Waals surface area contributed by atoms with Crippen molar-refractivity contribution in [3.63, 3.8) is 0 Å². The molecular weight excluding hydrogens is 226 g/mol. The number of nitrogens with zero attached hydrogens (tertiary/aromatic N) is 1. The second-order valence-electron chi connectivity index (χ2n) is 5.81. The lowest BCUT2D eigenvalue weighted by Gasteiger charge is -2.23. The maximum Gasteiger partial charge on any atom is 0.234 e. The molecule has 1 amide bonds. The van der Waals surface area contributed by atoms with E-state index in [1.807, 2.05) is 0 Å². The van der Waals surface area contributed by atoms with E-state index in [9.17, 15) is 4.79 Å². The molecule has 3 N–H and O–H groups in total. The Morgan fingerprint density at radius 3 is 2.67 bits per heavy atom. The maximum atomic E-state index is 11.2. The normalized spacial score (nSPS) is 23.9. The van der Waals surface area contributed by atoms with E-state index in [-0.39, 0.29) is 11.9 Å². The van der Waals surface area contributed by atoms with E-state index in [2.05, 4.69) is 24.1 Å². The lowest BCUT2D eigenvalue weighted by molar-refractivity contribution is -0.120. The molecule has 0 aliphatic carbocycles. The van der Waals surface area contributed by atoms with Gasteiger partial charge in [0, 0.05) is 6.54 Å². The molecule has 4 heteroatoms. The monoisotopic (exact) mass is 255 g/mol. The summed E-state index contributed by atoms with van der Waals surface area (Å²) in [6.45, 7) is 7.95. The summed E-state index contributed by atoms with van der Waals surface area (Å²) in [5.74, 6) is 1.42. The first kappa shape index (κ1) is 15.4. The number of carbonyl (C=O) groups is 1. The molecule has 4 nitrogen and oxygen atoms in total. The van der Waals surface area contributed by atoms with Crippen molar-refractivity contribution in [2.45, 2.75) is 45.6 Å². The highest BCUT2D eigenvalue weighted by molar-refractivity contribution is 5.79. The van der Waals surface area contributed by atoms with Crippen LogP contribution in [0.15, 0.2) is 0 Å². The van der Waals surface area contributed by atoms with Crippen LogP contribution in [-0.2, 0) is 4.79 Å². The van der Waals surface area contributed by atoms with E-state index in [1.165, 1.54) is 25.8 Å². The van der Waals surface area contributed by atoms with Crippen LogP contribution in [-0.4, -0.2) is 43.5 Å². The van der Waals surface area contributed by atoms with Gasteiger partial charge < -0.3 is 16.0 Å². The SMILES string of the molecule is CNC(CCN1CCCC(C(C)C)CC1)C(N)=O. The maximum absolute atomic E-state index is 11.2. The third kappa shape index (κ3) is 4.94. The Hall–Kier alpha value is -0.610. The molecule has 1 aliphatic heterocycles. The molecular formula is C14H29N3O. The van der Waals surface area contributed by atoms with Crippen LogP contribution in [0.2, 0.25) is 0 Å².